The van der Waals surface area contributed by atoms with E-state index < -0.39 is 6.10 Å². The molecule has 1 unspecified atom stereocenters. The zero-order chi connectivity index (χ0) is 15.2. The van der Waals surface area contributed by atoms with Crippen LogP contribution in [0.1, 0.15) is 63.5 Å². The highest BCUT2D eigenvalue weighted by Crippen LogP contribution is 2.39. The fourth-order valence-corrected chi connectivity index (χ4v) is 3.61. The van der Waals surface area contributed by atoms with Crippen LogP contribution in [0.3, 0.4) is 0 Å². The molecule has 0 aromatic heterocycles. The van der Waals surface area contributed by atoms with Crippen molar-refractivity contribution in [2.75, 3.05) is 7.11 Å². The number of aliphatic hydroxyl groups is 1. The molecular formula is C18H27ClO2. The second kappa shape index (κ2) is 8.05. The van der Waals surface area contributed by atoms with E-state index in [1.54, 1.807) is 7.11 Å². The third-order valence-electron chi connectivity index (χ3n) is 4.82. The van der Waals surface area contributed by atoms with E-state index in [9.17, 15) is 5.11 Å². The Morgan fingerprint density at radius 2 is 2.00 bits per heavy atom. The lowest BCUT2D eigenvalue weighted by Crippen LogP contribution is -2.20. The number of hydrogen-bond donors (Lipinski definition) is 1. The van der Waals surface area contributed by atoms with Gasteiger partial charge in [0, 0.05) is 0 Å². The van der Waals surface area contributed by atoms with Crippen LogP contribution in [0.25, 0.3) is 0 Å². The van der Waals surface area contributed by atoms with Gasteiger partial charge in [-0.1, -0.05) is 56.7 Å². The molecule has 3 heteroatoms. The van der Waals surface area contributed by atoms with Gasteiger partial charge in [0.15, 0.2) is 0 Å². The summed E-state index contributed by atoms with van der Waals surface area (Å²) in [4.78, 5) is 0. The summed E-state index contributed by atoms with van der Waals surface area (Å²) in [7, 11) is 1.61. The Hall–Kier alpha value is -0.730. The third kappa shape index (κ3) is 4.37. The summed E-state index contributed by atoms with van der Waals surface area (Å²) in [5.41, 5.74) is 0.924. The van der Waals surface area contributed by atoms with E-state index in [1.165, 1.54) is 32.1 Å². The summed E-state index contributed by atoms with van der Waals surface area (Å²) in [6.07, 6.45) is 8.34. The summed E-state index contributed by atoms with van der Waals surface area (Å²) in [6.45, 7) is 2.25. The summed E-state index contributed by atoms with van der Waals surface area (Å²) < 4.78 is 5.24. The molecule has 1 aromatic carbocycles. The van der Waals surface area contributed by atoms with Crippen molar-refractivity contribution in [1.29, 1.82) is 0 Å². The second-order valence-corrected chi connectivity index (χ2v) is 6.67. The zero-order valence-corrected chi connectivity index (χ0v) is 13.9. The molecule has 1 aliphatic carbocycles. The van der Waals surface area contributed by atoms with Gasteiger partial charge in [-0.15, -0.1) is 0 Å². The number of benzene rings is 1. The number of ether oxygens (including phenoxy) is 1. The van der Waals surface area contributed by atoms with Gasteiger partial charge in [0.25, 0.3) is 0 Å². The molecule has 2 nitrogen and oxygen atoms in total. The molecule has 1 fully saturated rings. The van der Waals surface area contributed by atoms with Crippen LogP contribution in [-0.4, -0.2) is 12.2 Å². The minimum absolute atomic E-state index is 0.369. The quantitative estimate of drug-likeness (QED) is 0.764. The van der Waals surface area contributed by atoms with Crippen molar-refractivity contribution in [3.05, 3.63) is 28.8 Å². The van der Waals surface area contributed by atoms with Crippen molar-refractivity contribution in [3.63, 3.8) is 0 Å². The number of unbranched alkanes of at least 4 members (excludes halogenated alkanes) is 1. The molecule has 0 bridgehead atoms. The Bertz CT molecular complexity index is 439. The molecule has 2 rings (SSSR count). The first-order chi connectivity index (χ1) is 10.2. The van der Waals surface area contributed by atoms with E-state index >= 15 is 0 Å². The van der Waals surface area contributed by atoms with Gasteiger partial charge in [-0.2, -0.15) is 0 Å². The lowest BCUT2D eigenvalue weighted by atomic mass is 9.76. The van der Waals surface area contributed by atoms with Gasteiger partial charge >= 0.3 is 0 Å². The van der Waals surface area contributed by atoms with Gasteiger partial charge < -0.3 is 9.84 Å². The molecule has 1 aromatic rings. The first kappa shape index (κ1) is 16.6. The molecule has 0 amide bonds. The Morgan fingerprint density at radius 3 is 2.62 bits per heavy atom. The molecule has 1 N–H and O–H groups in total. The second-order valence-electron chi connectivity index (χ2n) is 6.26. The molecule has 1 aliphatic rings. The molecule has 1 atom stereocenters. The van der Waals surface area contributed by atoms with E-state index in [1.807, 2.05) is 18.2 Å². The standard InChI is InChI=1S/C18H27ClO2/c1-3-4-5-13-6-8-14(9-7-13)18(20)15-10-11-16(19)17(12-15)21-2/h10-14,18,20H,3-9H2,1-2H3. The molecule has 0 radical (unpaired) electrons. The SMILES string of the molecule is CCCCC1CCC(C(O)c2ccc(Cl)c(OC)c2)CC1. The van der Waals surface area contributed by atoms with Crippen LogP contribution in [-0.2, 0) is 0 Å². The average molecular weight is 311 g/mol. The van der Waals surface area contributed by atoms with Gasteiger partial charge in [-0.3, -0.25) is 0 Å². The summed E-state index contributed by atoms with van der Waals surface area (Å²) in [5, 5.41) is 11.2. The molecule has 0 spiro atoms. The predicted octanol–water partition coefficient (Wildman–Crippen LogP) is 5.38. The Balaban J connectivity index is 1.94. The fourth-order valence-electron chi connectivity index (χ4n) is 3.42. The number of rotatable bonds is 6. The molecule has 0 heterocycles. The molecule has 0 saturated heterocycles. The van der Waals surface area contributed by atoms with Crippen molar-refractivity contribution in [1.82, 2.24) is 0 Å². The topological polar surface area (TPSA) is 29.5 Å². The number of aliphatic hydroxyl groups excluding tert-OH is 1. The maximum atomic E-state index is 10.6. The van der Waals surface area contributed by atoms with E-state index in [0.717, 1.165) is 24.3 Å². The van der Waals surface area contributed by atoms with Gasteiger partial charge in [-0.05, 0) is 42.4 Å². The maximum absolute atomic E-state index is 10.6. The minimum atomic E-state index is -0.400. The van der Waals surface area contributed by atoms with Crippen LogP contribution in [0, 0.1) is 11.8 Å². The highest BCUT2D eigenvalue weighted by atomic mass is 35.5. The Kier molecular flexibility index (Phi) is 6.38. The van der Waals surface area contributed by atoms with Gasteiger partial charge in [0.2, 0.25) is 0 Å². The summed E-state index contributed by atoms with van der Waals surface area (Å²) in [6, 6.07) is 5.60. The van der Waals surface area contributed by atoms with E-state index in [4.69, 9.17) is 16.3 Å². The Morgan fingerprint density at radius 1 is 1.29 bits per heavy atom. The van der Waals surface area contributed by atoms with Gasteiger partial charge in [-0.25, -0.2) is 0 Å². The lowest BCUT2D eigenvalue weighted by molar-refractivity contribution is 0.0718. The minimum Gasteiger partial charge on any atom is -0.495 e. The number of methoxy groups -OCH3 is 1. The van der Waals surface area contributed by atoms with Gasteiger partial charge in [0.1, 0.15) is 5.75 Å². The Labute approximate surface area is 133 Å². The van der Waals surface area contributed by atoms with Crippen LogP contribution in [0.5, 0.6) is 5.75 Å². The highest BCUT2D eigenvalue weighted by molar-refractivity contribution is 6.32. The van der Waals surface area contributed by atoms with Crippen molar-refractivity contribution in [3.8, 4) is 5.75 Å². The first-order valence-corrected chi connectivity index (χ1v) is 8.55. The van der Waals surface area contributed by atoms with E-state index in [2.05, 4.69) is 6.92 Å². The van der Waals surface area contributed by atoms with Crippen LogP contribution in [0.4, 0.5) is 0 Å². The van der Waals surface area contributed by atoms with Crippen LogP contribution < -0.4 is 4.74 Å². The fraction of sp³-hybridized carbons (Fsp3) is 0.667. The largest absolute Gasteiger partial charge is 0.495 e. The molecule has 118 valence electrons. The summed E-state index contributed by atoms with van der Waals surface area (Å²) in [5.74, 6) is 1.88. The lowest BCUT2D eigenvalue weighted by Gasteiger charge is -2.31. The van der Waals surface area contributed by atoms with E-state index in [0.29, 0.717) is 16.7 Å². The van der Waals surface area contributed by atoms with Crippen molar-refractivity contribution in [2.24, 2.45) is 11.8 Å². The molecular weight excluding hydrogens is 284 g/mol. The van der Waals surface area contributed by atoms with Crippen LogP contribution in [0.15, 0.2) is 18.2 Å². The third-order valence-corrected chi connectivity index (χ3v) is 5.13. The predicted molar refractivity (Wildman–Crippen MR) is 87.9 cm³/mol. The van der Waals surface area contributed by atoms with Crippen LogP contribution in [0.2, 0.25) is 5.02 Å². The zero-order valence-electron chi connectivity index (χ0n) is 13.1. The average Bonchev–Trinajstić information content (AvgIpc) is 2.53. The van der Waals surface area contributed by atoms with Crippen molar-refractivity contribution < 1.29 is 9.84 Å². The van der Waals surface area contributed by atoms with Crippen molar-refractivity contribution in [2.45, 2.75) is 58.0 Å². The number of hydrogen-bond acceptors (Lipinski definition) is 2. The van der Waals surface area contributed by atoms with Gasteiger partial charge in [0.05, 0.1) is 18.2 Å². The van der Waals surface area contributed by atoms with Crippen molar-refractivity contribution >= 4 is 11.6 Å². The first-order valence-electron chi connectivity index (χ1n) is 8.17. The molecule has 1 saturated carbocycles. The number of halogens is 1. The molecule has 0 aliphatic heterocycles. The normalized spacial score (nSPS) is 23.8. The van der Waals surface area contributed by atoms with Crippen LogP contribution >= 0.6 is 11.6 Å². The molecule has 21 heavy (non-hydrogen) atoms. The summed E-state index contributed by atoms with van der Waals surface area (Å²) >= 11 is 6.05. The maximum Gasteiger partial charge on any atom is 0.137 e. The highest BCUT2D eigenvalue weighted by Gasteiger charge is 2.27. The monoisotopic (exact) mass is 310 g/mol. The smallest absolute Gasteiger partial charge is 0.137 e. The van der Waals surface area contributed by atoms with E-state index in [-0.39, 0.29) is 0 Å².